The molecule has 0 aliphatic carbocycles. The number of carbonyl (C=O) groups excluding carboxylic acids is 3. The van der Waals surface area contributed by atoms with Gasteiger partial charge in [-0.1, -0.05) is 91.0 Å². The third-order valence-corrected chi connectivity index (χ3v) is 9.52. The topological polar surface area (TPSA) is 144 Å². The molecule has 11 atom stereocenters. The molecular weight excluding hydrogens is 700 g/mol. The van der Waals surface area contributed by atoms with Crippen molar-refractivity contribution < 1.29 is 61.8 Å². The smallest absolute Gasteiger partial charge is 0.303 e. The van der Waals surface area contributed by atoms with Crippen molar-refractivity contribution in [2.24, 2.45) is 0 Å². The zero-order valence-corrected chi connectivity index (χ0v) is 30.9. The highest BCUT2D eigenvalue weighted by molar-refractivity contribution is 5.68. The van der Waals surface area contributed by atoms with Crippen molar-refractivity contribution in [2.45, 2.75) is 114 Å². The van der Waals surface area contributed by atoms with Crippen LogP contribution in [-0.2, 0) is 75.0 Å². The van der Waals surface area contributed by atoms with E-state index in [-0.39, 0.29) is 25.9 Å². The average Bonchev–Trinajstić information content (AvgIpc) is 3.17. The Kier molecular flexibility index (Phi) is 13.8. The Morgan fingerprint density at radius 1 is 0.574 bits per heavy atom. The van der Waals surface area contributed by atoms with E-state index in [0.29, 0.717) is 12.8 Å². The minimum absolute atomic E-state index is 0.180. The lowest BCUT2D eigenvalue weighted by Crippen LogP contribution is -2.64. The number of carbonyl (C=O) groups is 3. The van der Waals surface area contributed by atoms with E-state index in [1.807, 2.05) is 78.9 Å². The van der Waals surface area contributed by atoms with Crippen LogP contribution in [0.3, 0.4) is 0 Å². The molecule has 6 rings (SSSR count). The molecule has 0 N–H and O–H groups in total. The van der Waals surface area contributed by atoms with Gasteiger partial charge in [-0.05, 0) is 29.5 Å². The van der Waals surface area contributed by atoms with Crippen LogP contribution >= 0.6 is 0 Å². The van der Waals surface area contributed by atoms with Crippen LogP contribution < -0.4 is 0 Å². The number of fused-ring (bicyclic) bond motifs is 1. The molecule has 13 heteroatoms. The molecule has 0 bridgehead atoms. The molecule has 13 nitrogen and oxygen atoms in total. The van der Waals surface area contributed by atoms with Crippen LogP contribution in [0.15, 0.2) is 91.0 Å². The Labute approximate surface area is 315 Å². The molecule has 290 valence electrons. The average molecular weight is 749 g/mol. The van der Waals surface area contributed by atoms with E-state index >= 15 is 0 Å². The zero-order valence-electron chi connectivity index (χ0n) is 30.9. The second-order valence-corrected chi connectivity index (χ2v) is 13.5. The Morgan fingerprint density at radius 2 is 1.11 bits per heavy atom. The van der Waals surface area contributed by atoms with Gasteiger partial charge in [-0.25, -0.2) is 0 Å². The second-order valence-electron chi connectivity index (χ2n) is 13.5. The van der Waals surface area contributed by atoms with E-state index in [1.54, 1.807) is 0 Å². The first-order chi connectivity index (χ1) is 26.2. The van der Waals surface area contributed by atoms with E-state index in [0.717, 1.165) is 16.7 Å². The Hall–Kier alpha value is -4.21. The van der Waals surface area contributed by atoms with Gasteiger partial charge in [-0.3, -0.25) is 14.4 Å². The number of ether oxygens (including phenoxy) is 10. The van der Waals surface area contributed by atoms with Crippen LogP contribution in [-0.4, -0.2) is 93.0 Å². The first-order valence-electron chi connectivity index (χ1n) is 18.2. The molecule has 3 aliphatic rings. The summed E-state index contributed by atoms with van der Waals surface area (Å²) in [4.78, 5) is 36.8. The summed E-state index contributed by atoms with van der Waals surface area (Å²) >= 11 is 0. The maximum Gasteiger partial charge on any atom is 0.303 e. The predicted octanol–water partition coefficient (Wildman–Crippen LogP) is 4.99. The highest BCUT2D eigenvalue weighted by Gasteiger charge is 2.54. The highest BCUT2D eigenvalue weighted by atomic mass is 16.8. The zero-order chi connectivity index (χ0) is 38.0. The van der Waals surface area contributed by atoms with E-state index in [2.05, 4.69) is 12.1 Å². The first-order valence-corrected chi connectivity index (χ1v) is 18.2. The monoisotopic (exact) mass is 748 g/mol. The fraction of sp³-hybridized carbons (Fsp3) is 0.488. The maximum absolute atomic E-state index is 12.4. The molecule has 3 aromatic rings. The largest absolute Gasteiger partial charge is 0.456 e. The van der Waals surface area contributed by atoms with Gasteiger partial charge in [0.05, 0.1) is 32.0 Å². The Morgan fingerprint density at radius 3 is 1.69 bits per heavy atom. The molecule has 0 radical (unpaired) electrons. The number of esters is 3. The number of hydrogen-bond donors (Lipinski definition) is 0. The summed E-state index contributed by atoms with van der Waals surface area (Å²) in [5, 5.41) is 0. The van der Waals surface area contributed by atoms with E-state index in [1.165, 1.54) is 27.9 Å². The fourth-order valence-electron chi connectivity index (χ4n) is 7.16. The highest BCUT2D eigenvalue weighted by Crippen LogP contribution is 2.41. The van der Waals surface area contributed by atoms with E-state index in [9.17, 15) is 14.4 Å². The van der Waals surface area contributed by atoms with Crippen molar-refractivity contribution in [1.29, 1.82) is 0 Å². The van der Waals surface area contributed by atoms with Crippen LogP contribution in [0.1, 0.15) is 56.4 Å². The number of hydrogen-bond acceptors (Lipinski definition) is 13. The van der Waals surface area contributed by atoms with Crippen LogP contribution in [0.5, 0.6) is 0 Å². The number of methoxy groups -OCH3 is 1. The second kappa shape index (κ2) is 18.9. The van der Waals surface area contributed by atoms with Crippen LogP contribution in [0.4, 0.5) is 0 Å². The van der Waals surface area contributed by atoms with E-state index < -0.39 is 79.3 Å². The van der Waals surface area contributed by atoms with Crippen molar-refractivity contribution in [3.63, 3.8) is 0 Å². The van der Waals surface area contributed by atoms with Crippen LogP contribution in [0.25, 0.3) is 0 Å². The molecule has 3 heterocycles. The van der Waals surface area contributed by atoms with Crippen molar-refractivity contribution in [3.05, 3.63) is 108 Å². The molecule has 0 saturated carbocycles. The summed E-state index contributed by atoms with van der Waals surface area (Å²) in [5.41, 5.74) is 2.96. The third kappa shape index (κ3) is 10.1. The molecule has 54 heavy (non-hydrogen) atoms. The van der Waals surface area contributed by atoms with Crippen molar-refractivity contribution in [1.82, 2.24) is 0 Å². The van der Waals surface area contributed by atoms with Gasteiger partial charge in [0.25, 0.3) is 0 Å². The van der Waals surface area contributed by atoms with Gasteiger partial charge in [0.2, 0.25) is 0 Å². The van der Waals surface area contributed by atoms with Gasteiger partial charge >= 0.3 is 17.9 Å². The number of benzene rings is 3. The molecule has 0 aromatic heterocycles. The normalized spacial score (nSPS) is 30.8. The van der Waals surface area contributed by atoms with Crippen molar-refractivity contribution >= 4 is 17.9 Å². The van der Waals surface area contributed by atoms with Gasteiger partial charge in [-0.2, -0.15) is 0 Å². The Bertz CT molecular complexity index is 1640. The predicted molar refractivity (Wildman–Crippen MR) is 190 cm³/mol. The van der Waals surface area contributed by atoms with Crippen molar-refractivity contribution in [3.8, 4) is 0 Å². The van der Waals surface area contributed by atoms with Crippen LogP contribution in [0.2, 0.25) is 0 Å². The first kappa shape index (κ1) is 39.5. The maximum atomic E-state index is 12.4. The van der Waals surface area contributed by atoms with Gasteiger partial charge in [-0.15, -0.1) is 0 Å². The number of rotatable bonds is 14. The van der Waals surface area contributed by atoms with Gasteiger partial charge in [0.15, 0.2) is 30.9 Å². The summed E-state index contributed by atoms with van der Waals surface area (Å²) in [7, 11) is 1.36. The van der Waals surface area contributed by atoms with Crippen LogP contribution in [0, 0.1) is 0 Å². The van der Waals surface area contributed by atoms with Gasteiger partial charge in [0.1, 0.15) is 24.4 Å². The fourth-order valence-corrected chi connectivity index (χ4v) is 7.16. The summed E-state index contributed by atoms with van der Waals surface area (Å²) < 4.78 is 61.8. The summed E-state index contributed by atoms with van der Waals surface area (Å²) in [5.74, 6) is -2.04. The molecule has 0 amide bonds. The molecule has 3 saturated heterocycles. The van der Waals surface area contributed by atoms with E-state index in [4.69, 9.17) is 47.4 Å². The molecule has 3 aromatic carbocycles. The van der Waals surface area contributed by atoms with Gasteiger partial charge in [0, 0.05) is 27.9 Å². The minimum Gasteiger partial charge on any atom is -0.456 e. The molecule has 3 aliphatic heterocycles. The molecular formula is C41H48O13. The molecule has 0 unspecified atom stereocenters. The molecule has 0 spiro atoms. The standard InChI is InChI=1S/C41H48O13/c1-25(42)49-35-33(54-40(45-4)39(51-27(3)44)37(35)50-26(2)43)24-48-41-38(47-23-29-16-10-6-11-17-29)36(46-22-28-14-8-5-9-15-28)34-32(53-41)21-20-31(52-34)30-18-12-7-13-19-30/h5-19,31-41H,20-24H2,1-4H3/t31-,32+,33+,34+,35+,36-,37-,38-,39+,40-,41+/m0/s1. The minimum atomic E-state index is -1.27. The lowest BCUT2D eigenvalue weighted by molar-refractivity contribution is -0.350. The summed E-state index contributed by atoms with van der Waals surface area (Å²) in [6.07, 6.45) is -8.20. The summed E-state index contributed by atoms with van der Waals surface area (Å²) in [6, 6.07) is 29.6. The SMILES string of the molecule is CO[C@H]1O[C@H](CO[C@@H]2O[C@@H]3CC[C@@H](c4ccccc4)O[C@H]3[C@H](OCc3ccccc3)[C@@H]2OCc2ccccc2)[C@@H](OC(C)=O)[C@H](OC(C)=O)[C@H]1OC(C)=O. The third-order valence-electron chi connectivity index (χ3n) is 9.52. The quantitative estimate of drug-likeness (QED) is 0.162. The lowest BCUT2D eigenvalue weighted by atomic mass is 9.89. The Balaban J connectivity index is 1.30. The van der Waals surface area contributed by atoms with Gasteiger partial charge < -0.3 is 47.4 Å². The summed E-state index contributed by atoms with van der Waals surface area (Å²) in [6.45, 7) is 3.88. The lowest BCUT2D eigenvalue weighted by Gasteiger charge is -2.50. The molecule has 3 fully saturated rings. The van der Waals surface area contributed by atoms with Crippen molar-refractivity contribution in [2.75, 3.05) is 13.7 Å².